The molecule has 1 aliphatic rings. The summed E-state index contributed by atoms with van der Waals surface area (Å²) >= 11 is 0. The number of likely N-dealkylation sites (N-methyl/N-ethyl adjacent to an activating group) is 1. The zero-order valence-electron chi connectivity index (χ0n) is 19.0. The molecule has 1 fully saturated rings. The molecule has 0 amide bonds. The highest BCUT2D eigenvalue weighted by Crippen LogP contribution is 2.14. The lowest BCUT2D eigenvalue weighted by Crippen LogP contribution is -2.46. The number of guanidine groups is 1. The Bertz CT molecular complexity index is 588. The van der Waals surface area contributed by atoms with Crippen molar-refractivity contribution in [3.8, 4) is 0 Å². The fourth-order valence-corrected chi connectivity index (χ4v) is 3.22. The lowest BCUT2D eigenvalue weighted by atomic mass is 10.2. The molecule has 8 nitrogen and oxygen atoms in total. The summed E-state index contributed by atoms with van der Waals surface area (Å²) in [5, 5.41) is 6.59. The molecule has 2 N–H and O–H groups in total. The van der Waals surface area contributed by atoms with Gasteiger partial charge in [0.1, 0.15) is 5.82 Å². The van der Waals surface area contributed by atoms with Gasteiger partial charge in [-0.2, -0.15) is 0 Å². The third-order valence-electron chi connectivity index (χ3n) is 5.19. The first-order chi connectivity index (χ1) is 14.8. The molecular formula is C22H40N6O2. The van der Waals surface area contributed by atoms with Crippen molar-refractivity contribution in [3.05, 3.63) is 23.9 Å². The second kappa shape index (κ2) is 15.0. The summed E-state index contributed by atoms with van der Waals surface area (Å²) in [6.45, 7) is 13.9. The molecule has 2 rings (SSSR count). The molecule has 1 aliphatic heterocycles. The Balaban J connectivity index is 1.59. The van der Waals surface area contributed by atoms with Gasteiger partial charge in [0.25, 0.3) is 0 Å². The minimum Gasteiger partial charge on any atom is -0.379 e. The lowest BCUT2D eigenvalue weighted by Gasteiger charge is -2.34. The first-order valence-electron chi connectivity index (χ1n) is 11.3. The number of anilines is 1. The van der Waals surface area contributed by atoms with Crippen LogP contribution in [0.1, 0.15) is 32.3 Å². The molecule has 170 valence electrons. The predicted octanol–water partition coefficient (Wildman–Crippen LogP) is 1.72. The minimum atomic E-state index is 0.624. The maximum Gasteiger partial charge on any atom is 0.191 e. The number of pyridine rings is 1. The summed E-state index contributed by atoms with van der Waals surface area (Å²) in [4.78, 5) is 13.7. The Morgan fingerprint density at radius 3 is 2.43 bits per heavy atom. The Morgan fingerprint density at radius 2 is 1.80 bits per heavy atom. The van der Waals surface area contributed by atoms with Gasteiger partial charge in [-0.1, -0.05) is 26.3 Å². The molecule has 8 heteroatoms. The van der Waals surface area contributed by atoms with Crippen molar-refractivity contribution in [3.63, 3.8) is 0 Å². The van der Waals surface area contributed by atoms with Gasteiger partial charge >= 0.3 is 0 Å². The molecule has 0 bridgehead atoms. The first kappa shape index (κ1) is 24.4. The van der Waals surface area contributed by atoms with Crippen LogP contribution in [-0.2, 0) is 16.0 Å². The molecule has 0 unspecified atom stereocenters. The topological polar surface area (TPSA) is 74.2 Å². The molecule has 0 radical (unpaired) electrons. The maximum absolute atomic E-state index is 5.57. The number of aromatic nitrogens is 1. The average Bonchev–Trinajstić information content (AvgIpc) is 2.80. The van der Waals surface area contributed by atoms with Crippen LogP contribution in [0, 0.1) is 0 Å². The van der Waals surface area contributed by atoms with E-state index in [0.717, 1.165) is 69.5 Å². The van der Waals surface area contributed by atoms with E-state index < -0.39 is 0 Å². The number of hydrogen-bond acceptors (Lipinski definition) is 6. The summed E-state index contributed by atoms with van der Waals surface area (Å²) in [5.74, 6) is 1.82. The number of aliphatic imine (C=N–C) groups is 1. The highest BCUT2D eigenvalue weighted by atomic mass is 16.5. The molecule has 0 atom stereocenters. The fraction of sp³-hybridized carbons (Fsp3) is 0.727. The SMILES string of the molecule is CCCCOCCOCCNC(=NC)NCc1ccc(N2CCN(CC)CC2)nc1. The normalized spacial score (nSPS) is 15.4. The number of unbranched alkanes of at least 4 members (excludes halogenated alkanes) is 1. The molecule has 1 saturated heterocycles. The van der Waals surface area contributed by atoms with Crippen molar-refractivity contribution in [1.29, 1.82) is 0 Å². The largest absolute Gasteiger partial charge is 0.379 e. The number of hydrogen-bond donors (Lipinski definition) is 2. The summed E-state index contributed by atoms with van der Waals surface area (Å²) < 4.78 is 11.0. The maximum atomic E-state index is 5.57. The monoisotopic (exact) mass is 420 g/mol. The lowest BCUT2D eigenvalue weighted by molar-refractivity contribution is 0.0487. The fourth-order valence-electron chi connectivity index (χ4n) is 3.22. The van der Waals surface area contributed by atoms with Gasteiger partial charge in [-0.15, -0.1) is 0 Å². The number of piperazine rings is 1. The van der Waals surface area contributed by atoms with Gasteiger partial charge in [-0.05, 0) is 24.6 Å². The Labute approximate surface area is 182 Å². The van der Waals surface area contributed by atoms with Crippen LogP contribution < -0.4 is 15.5 Å². The van der Waals surface area contributed by atoms with Gasteiger partial charge in [0.2, 0.25) is 0 Å². The van der Waals surface area contributed by atoms with Gasteiger partial charge in [-0.25, -0.2) is 4.98 Å². The van der Waals surface area contributed by atoms with Gasteiger partial charge in [0.15, 0.2) is 5.96 Å². The summed E-state index contributed by atoms with van der Waals surface area (Å²) in [7, 11) is 1.77. The van der Waals surface area contributed by atoms with E-state index in [-0.39, 0.29) is 0 Å². The van der Waals surface area contributed by atoms with E-state index in [1.54, 1.807) is 7.05 Å². The van der Waals surface area contributed by atoms with E-state index in [0.29, 0.717) is 32.9 Å². The molecule has 0 aliphatic carbocycles. The van der Waals surface area contributed by atoms with Crippen LogP contribution in [0.4, 0.5) is 5.82 Å². The van der Waals surface area contributed by atoms with Crippen molar-refractivity contribution in [2.24, 2.45) is 4.99 Å². The van der Waals surface area contributed by atoms with Crippen LogP contribution in [0.2, 0.25) is 0 Å². The van der Waals surface area contributed by atoms with Crippen molar-refractivity contribution in [1.82, 2.24) is 20.5 Å². The third kappa shape index (κ3) is 9.28. The van der Waals surface area contributed by atoms with Gasteiger partial charge in [-0.3, -0.25) is 4.99 Å². The van der Waals surface area contributed by atoms with E-state index in [9.17, 15) is 0 Å². The summed E-state index contributed by atoms with van der Waals surface area (Å²) in [6, 6.07) is 4.25. The second-order valence-electron chi connectivity index (χ2n) is 7.38. The standard InChI is InChI=1S/C22H40N6O2/c1-4-6-14-29-16-17-30-15-9-24-22(23-3)26-19-20-7-8-21(25-18-20)28-12-10-27(5-2)11-13-28/h7-8,18H,4-6,9-17,19H2,1-3H3,(H2,23,24,26). The van der Waals surface area contributed by atoms with Crippen LogP contribution in [0.25, 0.3) is 0 Å². The molecule has 0 saturated carbocycles. The Morgan fingerprint density at radius 1 is 1.03 bits per heavy atom. The molecule has 1 aromatic rings. The molecule has 30 heavy (non-hydrogen) atoms. The van der Waals surface area contributed by atoms with Crippen LogP contribution in [0.5, 0.6) is 0 Å². The molecule has 1 aromatic heterocycles. The van der Waals surface area contributed by atoms with E-state index >= 15 is 0 Å². The van der Waals surface area contributed by atoms with Crippen LogP contribution in [0.3, 0.4) is 0 Å². The summed E-state index contributed by atoms with van der Waals surface area (Å²) in [5.41, 5.74) is 1.13. The predicted molar refractivity (Wildman–Crippen MR) is 123 cm³/mol. The van der Waals surface area contributed by atoms with E-state index in [4.69, 9.17) is 9.47 Å². The minimum absolute atomic E-state index is 0.624. The van der Waals surface area contributed by atoms with Crippen molar-refractivity contribution in [2.75, 3.05) is 77.6 Å². The smallest absolute Gasteiger partial charge is 0.191 e. The first-order valence-corrected chi connectivity index (χ1v) is 11.3. The third-order valence-corrected chi connectivity index (χ3v) is 5.19. The van der Waals surface area contributed by atoms with Crippen molar-refractivity contribution < 1.29 is 9.47 Å². The van der Waals surface area contributed by atoms with Gasteiger partial charge < -0.3 is 29.9 Å². The van der Waals surface area contributed by atoms with E-state index in [1.165, 1.54) is 0 Å². The van der Waals surface area contributed by atoms with Crippen molar-refractivity contribution >= 4 is 11.8 Å². The van der Waals surface area contributed by atoms with Crippen LogP contribution in [0.15, 0.2) is 23.3 Å². The highest BCUT2D eigenvalue weighted by Gasteiger charge is 2.16. The average molecular weight is 421 g/mol. The molecular weight excluding hydrogens is 380 g/mol. The van der Waals surface area contributed by atoms with Crippen LogP contribution >= 0.6 is 0 Å². The molecule has 0 aromatic carbocycles. The number of nitrogens with one attached hydrogen (secondary N) is 2. The van der Waals surface area contributed by atoms with E-state index in [2.05, 4.69) is 56.4 Å². The van der Waals surface area contributed by atoms with E-state index in [1.807, 2.05) is 6.20 Å². The van der Waals surface area contributed by atoms with Gasteiger partial charge in [0.05, 0.1) is 19.8 Å². The Kier molecular flexibility index (Phi) is 12.2. The zero-order valence-corrected chi connectivity index (χ0v) is 19.0. The van der Waals surface area contributed by atoms with Crippen molar-refractivity contribution in [2.45, 2.75) is 33.2 Å². The number of ether oxygens (including phenoxy) is 2. The molecule has 0 spiro atoms. The summed E-state index contributed by atoms with van der Waals surface area (Å²) in [6.07, 6.45) is 4.22. The molecule has 2 heterocycles. The van der Waals surface area contributed by atoms with Gasteiger partial charge in [0, 0.05) is 59.1 Å². The second-order valence-corrected chi connectivity index (χ2v) is 7.38. The zero-order chi connectivity index (χ0) is 21.4. The number of nitrogens with zero attached hydrogens (tertiary/aromatic N) is 4. The number of rotatable bonds is 13. The van der Waals surface area contributed by atoms with Crippen LogP contribution in [-0.4, -0.2) is 88.6 Å². The highest BCUT2D eigenvalue weighted by molar-refractivity contribution is 5.79. The Hall–Kier alpha value is -1.90. The quantitative estimate of drug-likeness (QED) is 0.286.